The Labute approximate surface area is 199 Å². The fourth-order valence-corrected chi connectivity index (χ4v) is 4.30. The lowest BCUT2D eigenvalue weighted by atomic mass is 9.83. The molecule has 174 valence electrons. The summed E-state index contributed by atoms with van der Waals surface area (Å²) in [6.07, 6.45) is 4.01. The van der Waals surface area contributed by atoms with E-state index in [4.69, 9.17) is 5.11 Å². The zero-order valence-electron chi connectivity index (χ0n) is 19.0. The van der Waals surface area contributed by atoms with Crippen LogP contribution in [-0.2, 0) is 16.9 Å². The molecule has 34 heavy (non-hydrogen) atoms. The van der Waals surface area contributed by atoms with Gasteiger partial charge in [0, 0.05) is 29.3 Å². The third-order valence-electron chi connectivity index (χ3n) is 6.12. The summed E-state index contributed by atoms with van der Waals surface area (Å²) in [5.74, 6) is -1.08. The number of carbonyl (C=O) groups excluding carboxylic acids is 2. The highest BCUT2D eigenvalue weighted by molar-refractivity contribution is 6.07. The molecule has 1 heterocycles. The van der Waals surface area contributed by atoms with E-state index in [1.54, 1.807) is 48.2 Å². The molecule has 2 amide bonds. The zero-order valence-corrected chi connectivity index (χ0v) is 19.0. The number of hydrogen-bond donors (Lipinski definition) is 3. The van der Waals surface area contributed by atoms with Crippen molar-refractivity contribution in [2.75, 3.05) is 16.8 Å². The Morgan fingerprint density at radius 2 is 1.79 bits per heavy atom. The van der Waals surface area contributed by atoms with Gasteiger partial charge in [0.05, 0.1) is 12.2 Å². The molecule has 1 aliphatic rings. The normalized spacial score (nSPS) is 18.2. The van der Waals surface area contributed by atoms with Crippen molar-refractivity contribution in [2.45, 2.75) is 25.5 Å². The van der Waals surface area contributed by atoms with Gasteiger partial charge in [-0.05, 0) is 42.3 Å². The SMILES string of the molecule is C[C@H](/C=C/CCO)[C@@]1(O)C(=O)N(Cc2cccc(NC(=O)c3ccccc3)c2)c2ccccc21. The maximum absolute atomic E-state index is 13.5. The third kappa shape index (κ3) is 4.51. The summed E-state index contributed by atoms with van der Waals surface area (Å²) < 4.78 is 0. The van der Waals surface area contributed by atoms with Crippen LogP contribution in [0.1, 0.15) is 34.8 Å². The van der Waals surface area contributed by atoms with E-state index in [0.29, 0.717) is 28.9 Å². The van der Waals surface area contributed by atoms with Crippen LogP contribution in [0.4, 0.5) is 11.4 Å². The van der Waals surface area contributed by atoms with E-state index in [0.717, 1.165) is 5.56 Å². The topological polar surface area (TPSA) is 89.9 Å². The number of benzene rings is 3. The molecule has 0 aliphatic carbocycles. The second kappa shape index (κ2) is 10.0. The first-order valence-corrected chi connectivity index (χ1v) is 11.3. The maximum atomic E-state index is 13.5. The second-order valence-corrected chi connectivity index (χ2v) is 8.42. The van der Waals surface area contributed by atoms with Crippen molar-refractivity contribution in [1.29, 1.82) is 0 Å². The Balaban J connectivity index is 1.58. The number of rotatable bonds is 8. The summed E-state index contributed by atoms with van der Waals surface area (Å²) >= 11 is 0. The largest absolute Gasteiger partial charge is 0.396 e. The molecule has 0 unspecified atom stereocenters. The van der Waals surface area contributed by atoms with Gasteiger partial charge in [-0.25, -0.2) is 0 Å². The van der Waals surface area contributed by atoms with Gasteiger partial charge < -0.3 is 20.4 Å². The van der Waals surface area contributed by atoms with Crippen molar-refractivity contribution in [3.63, 3.8) is 0 Å². The van der Waals surface area contributed by atoms with Crippen LogP contribution in [0.2, 0.25) is 0 Å². The van der Waals surface area contributed by atoms with Crippen LogP contribution in [0.5, 0.6) is 0 Å². The van der Waals surface area contributed by atoms with Crippen LogP contribution in [-0.4, -0.2) is 28.6 Å². The molecule has 0 saturated carbocycles. The predicted octanol–water partition coefficient (Wildman–Crippen LogP) is 4.25. The standard InChI is InChI=1S/C28H28N2O4/c1-20(10-7-8-17-31)28(34)24-15-5-6-16-25(24)30(27(28)33)19-21-11-9-14-23(18-21)29-26(32)22-12-3-2-4-13-22/h2-7,9-16,18,20,31,34H,8,17,19H2,1H3,(H,29,32)/b10-7+/t20-,28+/m1/s1. The van der Waals surface area contributed by atoms with Crippen LogP contribution >= 0.6 is 0 Å². The number of carbonyl (C=O) groups is 2. The number of aliphatic hydroxyl groups is 2. The molecule has 0 spiro atoms. The van der Waals surface area contributed by atoms with Gasteiger partial charge in [-0.3, -0.25) is 9.59 Å². The van der Waals surface area contributed by atoms with Gasteiger partial charge in [0.1, 0.15) is 0 Å². The number of aliphatic hydroxyl groups excluding tert-OH is 1. The fourth-order valence-electron chi connectivity index (χ4n) is 4.30. The van der Waals surface area contributed by atoms with Crippen LogP contribution in [0, 0.1) is 5.92 Å². The molecule has 1 aliphatic heterocycles. The van der Waals surface area contributed by atoms with Gasteiger partial charge in [-0.2, -0.15) is 0 Å². The Kier molecular flexibility index (Phi) is 6.91. The van der Waals surface area contributed by atoms with Crippen molar-refractivity contribution in [2.24, 2.45) is 5.92 Å². The number of nitrogens with one attached hydrogen (secondary N) is 1. The minimum absolute atomic E-state index is 0.00938. The number of hydrogen-bond acceptors (Lipinski definition) is 4. The molecule has 3 aromatic carbocycles. The molecule has 3 aromatic rings. The smallest absolute Gasteiger partial charge is 0.264 e. The van der Waals surface area contributed by atoms with E-state index < -0.39 is 17.4 Å². The lowest BCUT2D eigenvalue weighted by Crippen LogP contribution is -2.44. The molecule has 3 N–H and O–H groups in total. The maximum Gasteiger partial charge on any atom is 0.264 e. The zero-order chi connectivity index (χ0) is 24.1. The highest BCUT2D eigenvalue weighted by atomic mass is 16.3. The molecule has 2 atom stereocenters. The van der Waals surface area contributed by atoms with Gasteiger partial charge in [0.15, 0.2) is 5.60 Å². The minimum atomic E-state index is -1.69. The lowest BCUT2D eigenvalue weighted by Gasteiger charge is -2.27. The number of amides is 2. The molecule has 0 aromatic heterocycles. The molecule has 4 rings (SSSR count). The van der Waals surface area contributed by atoms with E-state index in [-0.39, 0.29) is 19.1 Å². The highest BCUT2D eigenvalue weighted by Crippen LogP contribution is 2.45. The van der Waals surface area contributed by atoms with E-state index in [1.807, 2.05) is 54.6 Å². The van der Waals surface area contributed by atoms with Crippen LogP contribution in [0.3, 0.4) is 0 Å². The molecule has 0 fully saturated rings. The first-order chi connectivity index (χ1) is 16.4. The molecule has 6 heteroatoms. The number of fused-ring (bicyclic) bond motifs is 1. The summed E-state index contributed by atoms with van der Waals surface area (Å²) in [5, 5.41) is 23.5. The van der Waals surface area contributed by atoms with Crippen molar-refractivity contribution in [1.82, 2.24) is 0 Å². The number of anilines is 2. The van der Waals surface area contributed by atoms with Crippen LogP contribution < -0.4 is 10.2 Å². The van der Waals surface area contributed by atoms with Crippen molar-refractivity contribution < 1.29 is 19.8 Å². The summed E-state index contributed by atoms with van der Waals surface area (Å²) in [4.78, 5) is 27.6. The van der Waals surface area contributed by atoms with Gasteiger partial charge in [-0.15, -0.1) is 0 Å². The third-order valence-corrected chi connectivity index (χ3v) is 6.12. The second-order valence-electron chi connectivity index (χ2n) is 8.42. The molecule has 6 nitrogen and oxygen atoms in total. The Bertz CT molecular complexity index is 1210. The first-order valence-electron chi connectivity index (χ1n) is 11.3. The molecule has 0 bridgehead atoms. The lowest BCUT2D eigenvalue weighted by molar-refractivity contribution is -0.139. The van der Waals surface area contributed by atoms with E-state index in [1.165, 1.54) is 0 Å². The Morgan fingerprint density at radius 3 is 2.56 bits per heavy atom. The van der Waals surface area contributed by atoms with Gasteiger partial charge in [-0.1, -0.05) is 67.6 Å². The van der Waals surface area contributed by atoms with Gasteiger partial charge in [0.2, 0.25) is 0 Å². The average Bonchev–Trinajstić information content (AvgIpc) is 3.08. The molecule has 0 radical (unpaired) electrons. The van der Waals surface area contributed by atoms with E-state index in [2.05, 4.69) is 5.32 Å². The molecule has 0 saturated heterocycles. The first kappa shape index (κ1) is 23.4. The van der Waals surface area contributed by atoms with Crippen molar-refractivity contribution >= 4 is 23.2 Å². The van der Waals surface area contributed by atoms with Gasteiger partial charge >= 0.3 is 0 Å². The quantitative estimate of drug-likeness (QED) is 0.442. The predicted molar refractivity (Wildman–Crippen MR) is 132 cm³/mol. The summed E-state index contributed by atoms with van der Waals surface area (Å²) in [5.41, 5.74) is 1.54. The fraction of sp³-hybridized carbons (Fsp3) is 0.214. The Hall–Kier alpha value is -3.74. The van der Waals surface area contributed by atoms with Crippen molar-refractivity contribution in [3.8, 4) is 0 Å². The average molecular weight is 457 g/mol. The van der Waals surface area contributed by atoms with Crippen LogP contribution in [0.25, 0.3) is 0 Å². The monoisotopic (exact) mass is 456 g/mol. The highest BCUT2D eigenvalue weighted by Gasteiger charge is 2.52. The molecular formula is C28H28N2O4. The van der Waals surface area contributed by atoms with Crippen LogP contribution in [0.15, 0.2) is 91.0 Å². The van der Waals surface area contributed by atoms with Gasteiger partial charge in [0.25, 0.3) is 11.8 Å². The summed E-state index contributed by atoms with van der Waals surface area (Å²) in [6, 6.07) is 23.6. The number of nitrogens with zero attached hydrogens (tertiary/aromatic N) is 1. The van der Waals surface area contributed by atoms with E-state index >= 15 is 0 Å². The minimum Gasteiger partial charge on any atom is -0.396 e. The Morgan fingerprint density at radius 1 is 1.06 bits per heavy atom. The number of para-hydroxylation sites is 1. The summed E-state index contributed by atoms with van der Waals surface area (Å²) in [7, 11) is 0. The van der Waals surface area contributed by atoms with Crippen molar-refractivity contribution in [3.05, 3.63) is 108 Å². The van der Waals surface area contributed by atoms with E-state index in [9.17, 15) is 14.7 Å². The summed E-state index contributed by atoms with van der Waals surface area (Å²) in [6.45, 7) is 2.06. The molecular weight excluding hydrogens is 428 g/mol.